The van der Waals surface area contributed by atoms with Gasteiger partial charge in [0.1, 0.15) is 0 Å². The van der Waals surface area contributed by atoms with Crippen LogP contribution >= 0.6 is 11.8 Å². The van der Waals surface area contributed by atoms with Crippen molar-refractivity contribution in [2.45, 2.75) is 38.3 Å². The molecule has 0 aliphatic heterocycles. The molecule has 110 valence electrons. The SMILES string of the molecule is Cc1cc(C)c(CSc2ccc(C)c(C(=O)O)c2)c(C)c1. The Balaban J connectivity index is 2.21. The van der Waals surface area contributed by atoms with Crippen LogP contribution in [0.3, 0.4) is 0 Å². The maximum Gasteiger partial charge on any atom is 0.335 e. The van der Waals surface area contributed by atoms with Gasteiger partial charge in [0.05, 0.1) is 5.56 Å². The molecule has 0 saturated carbocycles. The highest BCUT2D eigenvalue weighted by Crippen LogP contribution is 2.28. The number of carbonyl (C=O) groups is 1. The molecular formula is C18H20O2S. The zero-order chi connectivity index (χ0) is 15.6. The summed E-state index contributed by atoms with van der Waals surface area (Å²) in [5.41, 5.74) is 6.40. The molecule has 2 nitrogen and oxygen atoms in total. The summed E-state index contributed by atoms with van der Waals surface area (Å²) in [6.07, 6.45) is 0. The number of carboxylic acids is 1. The predicted molar refractivity (Wildman–Crippen MR) is 88.4 cm³/mol. The molecule has 0 aliphatic rings. The smallest absolute Gasteiger partial charge is 0.335 e. The molecule has 0 unspecified atom stereocenters. The number of hydrogen-bond acceptors (Lipinski definition) is 2. The molecule has 2 rings (SSSR count). The van der Waals surface area contributed by atoms with Crippen LogP contribution in [0.15, 0.2) is 35.2 Å². The maximum absolute atomic E-state index is 11.2. The quantitative estimate of drug-likeness (QED) is 0.815. The van der Waals surface area contributed by atoms with Gasteiger partial charge < -0.3 is 5.11 Å². The standard InChI is InChI=1S/C18H20O2S/c1-11-7-13(3)17(14(4)8-11)10-21-15-6-5-12(2)16(9-15)18(19)20/h5-9H,10H2,1-4H3,(H,19,20). The number of hydrogen-bond donors (Lipinski definition) is 1. The van der Waals surface area contributed by atoms with Crippen molar-refractivity contribution in [3.63, 3.8) is 0 Å². The van der Waals surface area contributed by atoms with Crippen molar-refractivity contribution in [2.75, 3.05) is 0 Å². The van der Waals surface area contributed by atoms with E-state index in [0.717, 1.165) is 16.2 Å². The zero-order valence-corrected chi connectivity index (χ0v) is 13.7. The molecule has 2 aromatic carbocycles. The van der Waals surface area contributed by atoms with Crippen LogP contribution in [0.5, 0.6) is 0 Å². The van der Waals surface area contributed by atoms with Gasteiger partial charge in [-0.3, -0.25) is 0 Å². The number of aryl methyl sites for hydroxylation is 4. The average molecular weight is 300 g/mol. The molecule has 1 N–H and O–H groups in total. The van der Waals surface area contributed by atoms with Crippen molar-refractivity contribution < 1.29 is 9.90 Å². The molecule has 3 heteroatoms. The summed E-state index contributed by atoms with van der Waals surface area (Å²) in [6, 6.07) is 10.0. The lowest BCUT2D eigenvalue weighted by molar-refractivity contribution is 0.0696. The monoisotopic (exact) mass is 300 g/mol. The minimum absolute atomic E-state index is 0.386. The molecule has 0 aliphatic carbocycles. The van der Waals surface area contributed by atoms with E-state index in [1.54, 1.807) is 17.8 Å². The Bertz CT molecular complexity index is 667. The summed E-state index contributed by atoms with van der Waals surface area (Å²) in [6.45, 7) is 8.20. The van der Waals surface area contributed by atoms with E-state index in [-0.39, 0.29) is 0 Å². The molecule has 0 saturated heterocycles. The van der Waals surface area contributed by atoms with E-state index in [2.05, 4.69) is 32.9 Å². The van der Waals surface area contributed by atoms with Gasteiger partial charge in [0, 0.05) is 10.6 Å². The number of benzene rings is 2. The third-order valence-electron chi connectivity index (χ3n) is 3.66. The second kappa shape index (κ2) is 6.35. The molecule has 0 spiro atoms. The Labute approximate surface area is 130 Å². The summed E-state index contributed by atoms with van der Waals surface area (Å²) in [5, 5.41) is 9.18. The summed E-state index contributed by atoms with van der Waals surface area (Å²) in [5.74, 6) is -0.00211. The minimum Gasteiger partial charge on any atom is -0.478 e. The van der Waals surface area contributed by atoms with E-state index in [1.165, 1.54) is 22.3 Å². The highest BCUT2D eigenvalue weighted by atomic mass is 32.2. The predicted octanol–water partition coefficient (Wildman–Crippen LogP) is 4.91. The first kappa shape index (κ1) is 15.6. The minimum atomic E-state index is -0.863. The van der Waals surface area contributed by atoms with E-state index in [1.807, 2.05) is 19.1 Å². The molecule has 0 amide bonds. The van der Waals surface area contributed by atoms with Gasteiger partial charge in [0.25, 0.3) is 0 Å². The largest absolute Gasteiger partial charge is 0.478 e. The van der Waals surface area contributed by atoms with E-state index < -0.39 is 5.97 Å². The molecule has 0 bridgehead atoms. The lowest BCUT2D eigenvalue weighted by Crippen LogP contribution is -1.99. The van der Waals surface area contributed by atoms with Crippen LogP contribution in [-0.2, 0) is 5.75 Å². The average Bonchev–Trinajstić information content (AvgIpc) is 2.38. The van der Waals surface area contributed by atoms with Crippen molar-refractivity contribution >= 4 is 17.7 Å². The van der Waals surface area contributed by atoms with E-state index in [0.29, 0.717) is 5.56 Å². The number of aromatic carboxylic acids is 1. The van der Waals surface area contributed by atoms with Crippen LogP contribution in [0.4, 0.5) is 0 Å². The fraction of sp³-hybridized carbons (Fsp3) is 0.278. The maximum atomic E-state index is 11.2. The Kier molecular flexibility index (Phi) is 4.73. The Morgan fingerprint density at radius 2 is 1.62 bits per heavy atom. The summed E-state index contributed by atoms with van der Waals surface area (Å²) in [4.78, 5) is 12.2. The number of carboxylic acid groups (broad SMARTS) is 1. The lowest BCUT2D eigenvalue weighted by Gasteiger charge is -2.11. The van der Waals surface area contributed by atoms with Gasteiger partial charge in [-0.2, -0.15) is 0 Å². The van der Waals surface area contributed by atoms with Gasteiger partial charge in [-0.05, 0) is 62.1 Å². The van der Waals surface area contributed by atoms with Crippen LogP contribution in [-0.4, -0.2) is 11.1 Å². The molecular weight excluding hydrogens is 280 g/mol. The van der Waals surface area contributed by atoms with Gasteiger partial charge in [-0.15, -0.1) is 11.8 Å². The third kappa shape index (κ3) is 3.67. The first-order chi connectivity index (χ1) is 9.88. The summed E-state index contributed by atoms with van der Waals surface area (Å²) in [7, 11) is 0. The van der Waals surface area contributed by atoms with Gasteiger partial charge in [-0.25, -0.2) is 4.79 Å². The first-order valence-electron chi connectivity index (χ1n) is 6.92. The van der Waals surface area contributed by atoms with Gasteiger partial charge >= 0.3 is 5.97 Å². The Morgan fingerprint density at radius 1 is 1.00 bits per heavy atom. The highest BCUT2D eigenvalue weighted by molar-refractivity contribution is 7.98. The highest BCUT2D eigenvalue weighted by Gasteiger charge is 2.09. The lowest BCUT2D eigenvalue weighted by atomic mass is 10.0. The van der Waals surface area contributed by atoms with Crippen molar-refractivity contribution in [1.82, 2.24) is 0 Å². The normalized spacial score (nSPS) is 10.7. The van der Waals surface area contributed by atoms with Crippen LogP contribution in [0.2, 0.25) is 0 Å². The molecule has 0 fully saturated rings. The van der Waals surface area contributed by atoms with Gasteiger partial charge in [0.15, 0.2) is 0 Å². The second-order valence-corrected chi connectivity index (χ2v) is 6.50. The Morgan fingerprint density at radius 3 is 2.19 bits per heavy atom. The first-order valence-corrected chi connectivity index (χ1v) is 7.90. The number of rotatable bonds is 4. The van der Waals surface area contributed by atoms with Crippen LogP contribution in [0, 0.1) is 27.7 Å². The molecule has 0 heterocycles. The zero-order valence-electron chi connectivity index (χ0n) is 12.9. The third-order valence-corrected chi connectivity index (χ3v) is 4.68. The van der Waals surface area contributed by atoms with Crippen molar-refractivity contribution in [2.24, 2.45) is 0 Å². The van der Waals surface area contributed by atoms with Gasteiger partial charge in [0.2, 0.25) is 0 Å². The fourth-order valence-corrected chi connectivity index (χ4v) is 3.65. The Hall–Kier alpha value is -1.74. The van der Waals surface area contributed by atoms with E-state index >= 15 is 0 Å². The van der Waals surface area contributed by atoms with E-state index in [4.69, 9.17) is 0 Å². The van der Waals surface area contributed by atoms with Crippen LogP contribution in [0.1, 0.15) is 38.2 Å². The molecule has 0 atom stereocenters. The molecule has 21 heavy (non-hydrogen) atoms. The molecule has 0 aromatic heterocycles. The summed E-state index contributed by atoms with van der Waals surface area (Å²) >= 11 is 1.68. The second-order valence-electron chi connectivity index (χ2n) is 5.45. The number of thioether (sulfide) groups is 1. The van der Waals surface area contributed by atoms with Crippen molar-refractivity contribution in [3.05, 3.63) is 63.7 Å². The summed E-state index contributed by atoms with van der Waals surface area (Å²) < 4.78 is 0. The molecule has 2 aromatic rings. The van der Waals surface area contributed by atoms with Crippen molar-refractivity contribution in [1.29, 1.82) is 0 Å². The van der Waals surface area contributed by atoms with E-state index in [9.17, 15) is 9.90 Å². The molecule has 0 radical (unpaired) electrons. The van der Waals surface area contributed by atoms with Gasteiger partial charge in [-0.1, -0.05) is 23.8 Å². The fourth-order valence-electron chi connectivity index (χ4n) is 2.51. The van der Waals surface area contributed by atoms with Crippen LogP contribution < -0.4 is 0 Å². The van der Waals surface area contributed by atoms with Crippen LogP contribution in [0.25, 0.3) is 0 Å². The van der Waals surface area contributed by atoms with Crippen molar-refractivity contribution in [3.8, 4) is 0 Å². The topological polar surface area (TPSA) is 37.3 Å².